The molecule has 1 rings (SSSR count). The van der Waals surface area contributed by atoms with Crippen molar-refractivity contribution in [3.05, 3.63) is 47.2 Å². The monoisotopic (exact) mass is 305 g/mol. The average Bonchev–Trinajstić information content (AvgIpc) is 2.47. The van der Waals surface area contributed by atoms with Crippen molar-refractivity contribution in [2.75, 3.05) is 19.0 Å². The van der Waals surface area contributed by atoms with Gasteiger partial charge in [0.25, 0.3) is 5.91 Å². The average molecular weight is 306 g/mol. The number of hydrogen-bond donors (Lipinski definition) is 2. The van der Waals surface area contributed by atoms with Crippen LogP contribution < -0.4 is 10.6 Å². The summed E-state index contributed by atoms with van der Waals surface area (Å²) in [6.45, 7) is 3.20. The van der Waals surface area contributed by atoms with Gasteiger partial charge in [-0.2, -0.15) is 5.26 Å². The van der Waals surface area contributed by atoms with Crippen molar-refractivity contribution in [3.63, 3.8) is 0 Å². The van der Waals surface area contributed by atoms with Crippen LogP contribution in [-0.4, -0.2) is 24.9 Å². The topological polar surface area (TPSA) is 64.9 Å². The first kappa shape index (κ1) is 17.1. The SMILES string of the molecule is Cc1cccc(CCN/C=C(/C#N)C(=O)NCCCCl)c1. The fourth-order valence-corrected chi connectivity index (χ4v) is 1.90. The highest BCUT2D eigenvalue weighted by atomic mass is 35.5. The summed E-state index contributed by atoms with van der Waals surface area (Å²) in [5, 5.41) is 14.6. The number of amides is 1. The second-order valence-electron chi connectivity index (χ2n) is 4.66. The van der Waals surface area contributed by atoms with Crippen molar-refractivity contribution in [1.29, 1.82) is 5.26 Å². The smallest absolute Gasteiger partial charge is 0.263 e. The number of carbonyl (C=O) groups excluding carboxylic acids is 1. The van der Waals surface area contributed by atoms with Crippen LogP contribution in [0.25, 0.3) is 0 Å². The number of rotatable bonds is 8. The molecule has 1 aromatic carbocycles. The molecular weight excluding hydrogens is 286 g/mol. The Morgan fingerprint density at radius 1 is 1.43 bits per heavy atom. The molecule has 0 aromatic heterocycles. The molecule has 0 saturated carbocycles. The molecule has 0 aliphatic rings. The van der Waals surface area contributed by atoms with Crippen LogP contribution in [0.2, 0.25) is 0 Å². The quantitative estimate of drug-likeness (QED) is 0.335. The molecule has 0 radical (unpaired) electrons. The number of alkyl halides is 1. The van der Waals surface area contributed by atoms with Gasteiger partial charge in [0.2, 0.25) is 0 Å². The number of nitriles is 1. The van der Waals surface area contributed by atoms with E-state index in [0.29, 0.717) is 25.4 Å². The number of aryl methyl sites for hydroxylation is 1. The first-order chi connectivity index (χ1) is 10.2. The molecule has 0 unspecified atom stereocenters. The molecule has 21 heavy (non-hydrogen) atoms. The van der Waals surface area contributed by atoms with E-state index >= 15 is 0 Å². The lowest BCUT2D eigenvalue weighted by Crippen LogP contribution is -2.27. The van der Waals surface area contributed by atoms with Crippen LogP contribution >= 0.6 is 11.6 Å². The molecule has 0 fully saturated rings. The van der Waals surface area contributed by atoms with Gasteiger partial charge in [-0.3, -0.25) is 4.79 Å². The fourth-order valence-electron chi connectivity index (χ4n) is 1.77. The van der Waals surface area contributed by atoms with Crippen molar-refractivity contribution in [2.24, 2.45) is 0 Å². The number of hydrogen-bond acceptors (Lipinski definition) is 3. The highest BCUT2D eigenvalue weighted by Gasteiger charge is 2.07. The van der Waals surface area contributed by atoms with E-state index < -0.39 is 0 Å². The minimum Gasteiger partial charge on any atom is -0.389 e. The van der Waals surface area contributed by atoms with Gasteiger partial charge in [-0.15, -0.1) is 11.6 Å². The molecule has 0 heterocycles. The van der Waals surface area contributed by atoms with Crippen molar-refractivity contribution >= 4 is 17.5 Å². The summed E-state index contributed by atoms with van der Waals surface area (Å²) in [7, 11) is 0. The minimum atomic E-state index is -0.370. The van der Waals surface area contributed by atoms with Gasteiger partial charge in [0, 0.05) is 25.2 Å². The largest absolute Gasteiger partial charge is 0.389 e. The van der Waals surface area contributed by atoms with E-state index in [-0.39, 0.29) is 11.5 Å². The molecule has 4 nitrogen and oxygen atoms in total. The molecule has 112 valence electrons. The van der Waals surface area contributed by atoms with Crippen molar-refractivity contribution < 1.29 is 4.79 Å². The predicted octanol–water partition coefficient (Wildman–Crippen LogP) is 2.28. The van der Waals surface area contributed by atoms with Gasteiger partial charge in [0.05, 0.1) is 0 Å². The van der Waals surface area contributed by atoms with Crippen LogP contribution in [0.4, 0.5) is 0 Å². The van der Waals surface area contributed by atoms with Gasteiger partial charge >= 0.3 is 0 Å². The van der Waals surface area contributed by atoms with Gasteiger partial charge in [-0.05, 0) is 25.3 Å². The zero-order valence-corrected chi connectivity index (χ0v) is 12.9. The molecule has 0 aliphatic heterocycles. The molecule has 5 heteroatoms. The third-order valence-corrected chi connectivity index (χ3v) is 3.12. The van der Waals surface area contributed by atoms with Crippen LogP contribution in [0, 0.1) is 18.3 Å². The third kappa shape index (κ3) is 6.82. The van der Waals surface area contributed by atoms with E-state index in [1.807, 2.05) is 12.1 Å². The van der Waals surface area contributed by atoms with Gasteiger partial charge in [-0.25, -0.2) is 0 Å². The second kappa shape index (κ2) is 9.84. The van der Waals surface area contributed by atoms with E-state index in [9.17, 15) is 4.79 Å². The zero-order valence-electron chi connectivity index (χ0n) is 12.2. The molecule has 1 amide bonds. The van der Waals surface area contributed by atoms with Crippen LogP contribution in [0.15, 0.2) is 36.0 Å². The highest BCUT2D eigenvalue weighted by Crippen LogP contribution is 2.04. The minimum absolute atomic E-state index is 0.0776. The molecule has 0 spiro atoms. The lowest BCUT2D eigenvalue weighted by Gasteiger charge is -2.05. The molecule has 1 aromatic rings. The van der Waals surface area contributed by atoms with Crippen molar-refractivity contribution in [3.8, 4) is 6.07 Å². The van der Waals surface area contributed by atoms with E-state index in [1.165, 1.54) is 17.3 Å². The Bertz CT molecular complexity index is 535. The molecule has 0 bridgehead atoms. The van der Waals surface area contributed by atoms with Crippen LogP contribution in [0.3, 0.4) is 0 Å². The summed E-state index contributed by atoms with van der Waals surface area (Å²) in [6, 6.07) is 10.1. The maximum absolute atomic E-state index is 11.7. The fraction of sp³-hybridized carbons (Fsp3) is 0.375. The highest BCUT2D eigenvalue weighted by molar-refractivity contribution is 6.17. The molecule has 0 aliphatic carbocycles. The predicted molar refractivity (Wildman–Crippen MR) is 84.9 cm³/mol. The lowest BCUT2D eigenvalue weighted by molar-refractivity contribution is -0.117. The Morgan fingerprint density at radius 3 is 2.90 bits per heavy atom. The number of nitrogens with zero attached hydrogens (tertiary/aromatic N) is 1. The van der Waals surface area contributed by atoms with Crippen LogP contribution in [-0.2, 0) is 11.2 Å². The Hall–Kier alpha value is -1.99. The summed E-state index contributed by atoms with van der Waals surface area (Å²) < 4.78 is 0. The van der Waals surface area contributed by atoms with Crippen LogP contribution in [0.1, 0.15) is 17.5 Å². The van der Waals surface area contributed by atoms with Crippen molar-refractivity contribution in [1.82, 2.24) is 10.6 Å². The second-order valence-corrected chi connectivity index (χ2v) is 5.04. The first-order valence-electron chi connectivity index (χ1n) is 6.90. The maximum Gasteiger partial charge on any atom is 0.263 e. The summed E-state index contributed by atoms with van der Waals surface area (Å²) in [5.41, 5.74) is 2.52. The molecular formula is C16H20ClN3O. The summed E-state index contributed by atoms with van der Waals surface area (Å²) in [5.74, 6) is 0.117. The van der Waals surface area contributed by atoms with Gasteiger partial charge in [0.1, 0.15) is 11.6 Å². The number of nitrogens with one attached hydrogen (secondary N) is 2. The Labute approximate surface area is 130 Å². The maximum atomic E-state index is 11.7. The Morgan fingerprint density at radius 2 is 2.24 bits per heavy atom. The number of halogens is 1. The summed E-state index contributed by atoms with van der Waals surface area (Å²) in [6.07, 6.45) is 2.99. The standard InChI is InChI=1S/C16H20ClN3O/c1-13-4-2-5-14(10-13)6-9-19-12-15(11-18)16(21)20-8-3-7-17/h2,4-5,10,12,19H,3,6-9H2,1H3,(H,20,21)/b15-12-. The number of benzene rings is 1. The number of carbonyl (C=O) groups is 1. The van der Waals surface area contributed by atoms with Gasteiger partial charge in [-0.1, -0.05) is 29.8 Å². The van der Waals surface area contributed by atoms with E-state index in [0.717, 1.165) is 6.42 Å². The van der Waals surface area contributed by atoms with Crippen molar-refractivity contribution in [2.45, 2.75) is 19.8 Å². The lowest BCUT2D eigenvalue weighted by atomic mass is 10.1. The normalized spacial score (nSPS) is 10.8. The summed E-state index contributed by atoms with van der Waals surface area (Å²) >= 11 is 5.53. The van der Waals surface area contributed by atoms with Crippen LogP contribution in [0.5, 0.6) is 0 Å². The molecule has 0 atom stereocenters. The Kier molecular flexibility index (Phi) is 8.00. The first-order valence-corrected chi connectivity index (χ1v) is 7.44. The van der Waals surface area contributed by atoms with E-state index in [4.69, 9.17) is 16.9 Å². The van der Waals surface area contributed by atoms with Gasteiger partial charge in [0.15, 0.2) is 0 Å². The molecule has 2 N–H and O–H groups in total. The van der Waals surface area contributed by atoms with Gasteiger partial charge < -0.3 is 10.6 Å². The zero-order chi connectivity index (χ0) is 15.5. The third-order valence-electron chi connectivity index (χ3n) is 2.85. The Balaban J connectivity index is 2.39. The molecule has 0 saturated heterocycles. The van der Waals surface area contributed by atoms with E-state index in [1.54, 1.807) is 0 Å². The van der Waals surface area contributed by atoms with E-state index in [2.05, 4.69) is 35.8 Å². The summed E-state index contributed by atoms with van der Waals surface area (Å²) in [4.78, 5) is 11.7.